The molecule has 26 heavy (non-hydrogen) atoms. The van der Waals surface area contributed by atoms with Gasteiger partial charge >= 0.3 is 0 Å². The van der Waals surface area contributed by atoms with Crippen LogP contribution < -0.4 is 11.1 Å². The predicted octanol–water partition coefficient (Wildman–Crippen LogP) is 3.72. The molecule has 0 aromatic carbocycles. The minimum Gasteiger partial charge on any atom is -0.458 e. The number of imidazole rings is 1. The van der Waals surface area contributed by atoms with Gasteiger partial charge in [0.2, 0.25) is 0 Å². The number of hydrogen-bond donors (Lipinski definition) is 2. The van der Waals surface area contributed by atoms with E-state index in [0.29, 0.717) is 5.92 Å². The number of furan rings is 1. The van der Waals surface area contributed by atoms with Crippen LogP contribution in [0.5, 0.6) is 0 Å². The third kappa shape index (κ3) is 3.56. The topological polar surface area (TPSA) is 98.5 Å². The molecule has 0 aliphatic heterocycles. The van der Waals surface area contributed by atoms with E-state index >= 15 is 0 Å². The number of nitrogens with zero attached hydrogens (tertiary/aromatic N) is 3. The predicted molar refractivity (Wildman–Crippen MR) is 101 cm³/mol. The zero-order chi connectivity index (χ0) is 18.5. The number of nitrogens with two attached hydrogens (primary N) is 1. The van der Waals surface area contributed by atoms with Crippen LogP contribution in [0.2, 0.25) is 0 Å². The van der Waals surface area contributed by atoms with Crippen LogP contribution in [-0.4, -0.2) is 26.8 Å². The molecule has 7 nitrogen and oxygen atoms in total. The van der Waals surface area contributed by atoms with Gasteiger partial charge in [0.05, 0.1) is 11.9 Å². The number of anilines is 1. The highest BCUT2D eigenvalue weighted by molar-refractivity contribution is 5.91. The van der Waals surface area contributed by atoms with E-state index in [1.165, 1.54) is 31.9 Å². The Bertz CT molecular complexity index is 877. The maximum Gasteiger partial charge on any atom is 0.284 e. The van der Waals surface area contributed by atoms with Crippen molar-refractivity contribution < 1.29 is 9.21 Å². The second-order valence-corrected chi connectivity index (χ2v) is 6.21. The van der Waals surface area contributed by atoms with Gasteiger partial charge < -0.3 is 15.5 Å². The van der Waals surface area contributed by atoms with E-state index in [1.54, 1.807) is 18.5 Å². The molecule has 4 rings (SSSR count). The lowest BCUT2D eigenvalue weighted by Gasteiger charge is -2.12. The third-order valence-electron chi connectivity index (χ3n) is 4.60. The van der Waals surface area contributed by atoms with E-state index < -0.39 is 5.91 Å². The van der Waals surface area contributed by atoms with E-state index in [1.807, 2.05) is 24.4 Å². The molecule has 0 saturated heterocycles. The minimum absolute atomic E-state index is 0.127. The number of amides is 1. The molecule has 138 valence electrons. The standard InChI is InChI=1S/C17H19N5O2.C2H6/c18-15(23)14-7-12(10-24-14)13-9-21-16(17-19-5-6-22(13)17)20-8-11-3-1-2-4-11;1-2/h5-7,9-11H,1-4,8H2,(H2,18,23)(H,20,21);1-2H3. The van der Waals surface area contributed by atoms with Gasteiger partial charge in [-0.15, -0.1) is 0 Å². The Labute approximate surface area is 152 Å². The van der Waals surface area contributed by atoms with Crippen molar-refractivity contribution in [2.24, 2.45) is 11.7 Å². The second-order valence-electron chi connectivity index (χ2n) is 6.21. The Hall–Kier alpha value is -2.83. The van der Waals surface area contributed by atoms with Crippen molar-refractivity contribution in [1.82, 2.24) is 14.4 Å². The Kier molecular flexibility index (Phi) is 5.55. The highest BCUT2D eigenvalue weighted by Crippen LogP contribution is 2.27. The number of carbonyl (C=O) groups excluding carboxylic acids is 1. The lowest BCUT2D eigenvalue weighted by Crippen LogP contribution is -2.13. The van der Waals surface area contributed by atoms with Crippen LogP contribution in [0.25, 0.3) is 16.9 Å². The number of nitrogens with one attached hydrogen (secondary N) is 1. The quantitative estimate of drug-likeness (QED) is 0.727. The summed E-state index contributed by atoms with van der Waals surface area (Å²) >= 11 is 0. The SMILES string of the molecule is CC.NC(=O)c1cc(-c2cnc(NCC3CCCC3)c3nccn23)co1. The summed E-state index contributed by atoms with van der Waals surface area (Å²) in [6.45, 7) is 4.92. The summed E-state index contributed by atoms with van der Waals surface area (Å²) in [7, 11) is 0. The maximum atomic E-state index is 11.2. The molecule has 0 atom stereocenters. The molecule has 0 radical (unpaired) electrons. The van der Waals surface area contributed by atoms with Crippen LogP contribution in [0.4, 0.5) is 5.82 Å². The Morgan fingerprint density at radius 3 is 2.81 bits per heavy atom. The van der Waals surface area contributed by atoms with Crippen LogP contribution in [0, 0.1) is 5.92 Å². The lowest BCUT2D eigenvalue weighted by molar-refractivity contribution is 0.0974. The summed E-state index contributed by atoms with van der Waals surface area (Å²) in [5, 5.41) is 3.43. The minimum atomic E-state index is -0.592. The molecule has 3 N–H and O–H groups in total. The van der Waals surface area contributed by atoms with Gasteiger partial charge in [0.25, 0.3) is 5.91 Å². The van der Waals surface area contributed by atoms with Gasteiger partial charge in [0, 0.05) is 24.5 Å². The zero-order valence-electron chi connectivity index (χ0n) is 15.2. The summed E-state index contributed by atoms with van der Waals surface area (Å²) in [5.41, 5.74) is 7.53. The maximum absolute atomic E-state index is 11.2. The van der Waals surface area contributed by atoms with Gasteiger partial charge in [0.15, 0.2) is 17.2 Å². The van der Waals surface area contributed by atoms with Crippen LogP contribution in [-0.2, 0) is 0 Å². The largest absolute Gasteiger partial charge is 0.458 e. The summed E-state index contributed by atoms with van der Waals surface area (Å²) in [5.74, 6) is 1.02. The highest BCUT2D eigenvalue weighted by Gasteiger charge is 2.17. The summed E-state index contributed by atoms with van der Waals surface area (Å²) in [6.07, 6.45) is 12.0. The van der Waals surface area contributed by atoms with Gasteiger partial charge in [-0.3, -0.25) is 9.20 Å². The van der Waals surface area contributed by atoms with Crippen molar-refractivity contribution in [3.8, 4) is 11.3 Å². The third-order valence-corrected chi connectivity index (χ3v) is 4.60. The number of hydrogen-bond acceptors (Lipinski definition) is 5. The van der Waals surface area contributed by atoms with Crippen LogP contribution in [0.3, 0.4) is 0 Å². The smallest absolute Gasteiger partial charge is 0.284 e. The summed E-state index contributed by atoms with van der Waals surface area (Å²) < 4.78 is 7.13. The molecule has 1 aliphatic rings. The van der Waals surface area contributed by atoms with Crippen LogP contribution in [0.1, 0.15) is 50.1 Å². The van der Waals surface area contributed by atoms with Crippen LogP contribution in [0.15, 0.2) is 35.3 Å². The molecule has 1 fully saturated rings. The Balaban J connectivity index is 0.000000948. The van der Waals surface area contributed by atoms with Gasteiger partial charge in [0.1, 0.15) is 6.26 Å². The first-order valence-corrected chi connectivity index (χ1v) is 9.17. The Morgan fingerprint density at radius 1 is 1.35 bits per heavy atom. The first-order valence-electron chi connectivity index (χ1n) is 9.17. The van der Waals surface area contributed by atoms with Crippen molar-refractivity contribution >= 4 is 17.4 Å². The van der Waals surface area contributed by atoms with E-state index in [2.05, 4.69) is 15.3 Å². The van der Waals surface area contributed by atoms with Gasteiger partial charge in [-0.25, -0.2) is 9.97 Å². The van der Waals surface area contributed by atoms with Crippen LogP contribution >= 0.6 is 0 Å². The average molecular weight is 355 g/mol. The number of carbonyl (C=O) groups is 1. The summed E-state index contributed by atoms with van der Waals surface area (Å²) in [4.78, 5) is 20.1. The van der Waals surface area contributed by atoms with E-state index in [0.717, 1.165) is 29.3 Å². The molecular weight excluding hydrogens is 330 g/mol. The second kappa shape index (κ2) is 8.03. The molecule has 0 spiro atoms. The summed E-state index contributed by atoms with van der Waals surface area (Å²) in [6, 6.07) is 1.62. The fourth-order valence-electron chi connectivity index (χ4n) is 3.31. The number of aromatic nitrogens is 3. The van der Waals surface area contributed by atoms with E-state index in [4.69, 9.17) is 10.2 Å². The molecule has 0 bridgehead atoms. The normalized spacial score (nSPS) is 14.2. The fourth-order valence-corrected chi connectivity index (χ4v) is 3.31. The molecule has 7 heteroatoms. The van der Waals surface area contributed by atoms with Gasteiger partial charge in [-0.05, 0) is 24.8 Å². The first kappa shape index (κ1) is 18.0. The molecular formula is C19H25N5O2. The monoisotopic (exact) mass is 355 g/mol. The molecule has 3 aromatic rings. The van der Waals surface area contributed by atoms with Gasteiger partial charge in [-0.1, -0.05) is 26.7 Å². The van der Waals surface area contributed by atoms with E-state index in [-0.39, 0.29) is 5.76 Å². The van der Waals surface area contributed by atoms with Crippen molar-refractivity contribution in [3.63, 3.8) is 0 Å². The van der Waals surface area contributed by atoms with Crippen molar-refractivity contribution in [2.75, 3.05) is 11.9 Å². The van der Waals surface area contributed by atoms with Crippen molar-refractivity contribution in [1.29, 1.82) is 0 Å². The lowest BCUT2D eigenvalue weighted by atomic mass is 10.1. The highest BCUT2D eigenvalue weighted by atomic mass is 16.3. The average Bonchev–Trinajstić information content (AvgIpc) is 3.42. The molecule has 1 aliphatic carbocycles. The van der Waals surface area contributed by atoms with Gasteiger partial charge in [-0.2, -0.15) is 0 Å². The molecule has 3 heterocycles. The van der Waals surface area contributed by atoms with E-state index in [9.17, 15) is 4.79 Å². The molecule has 1 saturated carbocycles. The first-order chi connectivity index (χ1) is 12.7. The fraction of sp³-hybridized carbons (Fsp3) is 0.421. The van der Waals surface area contributed by atoms with Crippen molar-refractivity contribution in [2.45, 2.75) is 39.5 Å². The zero-order valence-corrected chi connectivity index (χ0v) is 15.2. The Morgan fingerprint density at radius 2 is 2.12 bits per heavy atom. The molecule has 0 unspecified atom stereocenters. The number of fused-ring (bicyclic) bond motifs is 1. The molecule has 3 aromatic heterocycles. The number of primary amides is 1. The molecule has 1 amide bonds. The van der Waals surface area contributed by atoms with Crippen molar-refractivity contribution in [3.05, 3.63) is 36.7 Å². The number of rotatable bonds is 5.